The van der Waals surface area contributed by atoms with Crippen LogP contribution in [0.5, 0.6) is 5.75 Å². The molecule has 0 amide bonds. The highest BCUT2D eigenvalue weighted by molar-refractivity contribution is 5.96. The Bertz CT molecular complexity index is 699. The third-order valence-corrected chi connectivity index (χ3v) is 3.85. The Morgan fingerprint density at radius 2 is 1.59 bits per heavy atom. The van der Waals surface area contributed by atoms with E-state index in [9.17, 15) is 9.90 Å². The van der Waals surface area contributed by atoms with Crippen molar-refractivity contribution in [3.63, 3.8) is 0 Å². The van der Waals surface area contributed by atoms with E-state index in [0.717, 1.165) is 0 Å². The molecule has 0 aromatic heterocycles. The van der Waals surface area contributed by atoms with Crippen LogP contribution in [0.15, 0.2) is 54.6 Å². The standard InChI is InChI=1S/C17H16O5/c1-20-16(19)13-10-6-7-11-14(13)22-17(21-2,15(16)18)12-8-4-3-5-9-12/h3-11,19H,1-2H3. The fourth-order valence-corrected chi connectivity index (χ4v) is 2.68. The van der Waals surface area contributed by atoms with Crippen molar-refractivity contribution in [2.24, 2.45) is 0 Å². The smallest absolute Gasteiger partial charge is 0.303 e. The molecule has 2 aromatic carbocycles. The molecule has 5 nitrogen and oxygen atoms in total. The molecule has 1 N–H and O–H groups in total. The molecule has 1 heterocycles. The number of fused-ring (bicyclic) bond motifs is 1. The Labute approximate surface area is 128 Å². The summed E-state index contributed by atoms with van der Waals surface area (Å²) in [6, 6.07) is 15.4. The zero-order valence-corrected chi connectivity index (χ0v) is 12.3. The van der Waals surface area contributed by atoms with Crippen molar-refractivity contribution in [1.29, 1.82) is 0 Å². The first-order valence-corrected chi connectivity index (χ1v) is 6.80. The van der Waals surface area contributed by atoms with Crippen molar-refractivity contribution in [2.75, 3.05) is 14.2 Å². The number of para-hydroxylation sites is 1. The third kappa shape index (κ3) is 1.87. The summed E-state index contributed by atoms with van der Waals surface area (Å²) in [7, 11) is 2.63. The molecule has 0 saturated heterocycles. The molecule has 1 aliphatic heterocycles. The number of aliphatic hydroxyl groups is 1. The van der Waals surface area contributed by atoms with Crippen molar-refractivity contribution in [3.8, 4) is 5.75 Å². The van der Waals surface area contributed by atoms with Gasteiger partial charge in [-0.3, -0.25) is 4.79 Å². The monoisotopic (exact) mass is 300 g/mol. The zero-order valence-electron chi connectivity index (χ0n) is 12.3. The predicted molar refractivity (Wildman–Crippen MR) is 78.1 cm³/mol. The molecule has 1 aliphatic rings. The van der Waals surface area contributed by atoms with Crippen LogP contribution in [0.2, 0.25) is 0 Å². The predicted octanol–water partition coefficient (Wildman–Crippen LogP) is 1.94. The van der Waals surface area contributed by atoms with Gasteiger partial charge in [0.1, 0.15) is 5.75 Å². The van der Waals surface area contributed by atoms with Gasteiger partial charge in [0, 0.05) is 19.8 Å². The number of hydrogen-bond acceptors (Lipinski definition) is 5. The molecule has 0 saturated carbocycles. The Morgan fingerprint density at radius 1 is 0.955 bits per heavy atom. The van der Waals surface area contributed by atoms with E-state index >= 15 is 0 Å². The Balaban J connectivity index is 2.25. The van der Waals surface area contributed by atoms with Gasteiger partial charge >= 0.3 is 5.79 Å². The van der Waals surface area contributed by atoms with Gasteiger partial charge < -0.3 is 19.3 Å². The van der Waals surface area contributed by atoms with E-state index in [4.69, 9.17) is 14.2 Å². The number of carbonyl (C=O) groups is 1. The number of ether oxygens (including phenoxy) is 3. The number of methoxy groups -OCH3 is 2. The summed E-state index contributed by atoms with van der Waals surface area (Å²) in [6.07, 6.45) is 0. The average Bonchev–Trinajstić information content (AvgIpc) is 2.59. The third-order valence-electron chi connectivity index (χ3n) is 3.85. The lowest BCUT2D eigenvalue weighted by Crippen LogP contribution is -2.57. The van der Waals surface area contributed by atoms with Crippen molar-refractivity contribution in [1.82, 2.24) is 0 Å². The van der Waals surface area contributed by atoms with Gasteiger partial charge in [-0.05, 0) is 12.1 Å². The molecule has 0 aliphatic carbocycles. The maximum Gasteiger partial charge on any atom is 0.303 e. The van der Waals surface area contributed by atoms with Crippen LogP contribution in [0, 0.1) is 0 Å². The summed E-state index contributed by atoms with van der Waals surface area (Å²) in [6.45, 7) is 0. The summed E-state index contributed by atoms with van der Waals surface area (Å²) >= 11 is 0. The summed E-state index contributed by atoms with van der Waals surface area (Å²) in [5, 5.41) is 10.8. The summed E-state index contributed by atoms with van der Waals surface area (Å²) in [4.78, 5) is 13.0. The molecule has 0 spiro atoms. The summed E-state index contributed by atoms with van der Waals surface area (Å²) in [5.74, 6) is -4.30. The second-order valence-corrected chi connectivity index (χ2v) is 4.96. The highest BCUT2D eigenvalue weighted by Gasteiger charge is 2.59. The largest absolute Gasteiger partial charge is 0.450 e. The fraction of sp³-hybridized carbons (Fsp3) is 0.235. The quantitative estimate of drug-likeness (QED) is 0.878. The van der Waals surface area contributed by atoms with Gasteiger partial charge in [0.05, 0.1) is 5.56 Å². The van der Waals surface area contributed by atoms with Gasteiger partial charge in [-0.25, -0.2) is 0 Å². The molecular formula is C17H16O5. The van der Waals surface area contributed by atoms with Crippen molar-refractivity contribution in [3.05, 3.63) is 65.7 Å². The molecule has 3 rings (SSSR count). The second-order valence-electron chi connectivity index (χ2n) is 4.96. The van der Waals surface area contributed by atoms with E-state index in [0.29, 0.717) is 11.3 Å². The Hall–Kier alpha value is -2.21. The lowest BCUT2D eigenvalue weighted by atomic mass is 9.87. The van der Waals surface area contributed by atoms with E-state index in [2.05, 4.69) is 0 Å². The molecule has 2 aromatic rings. The molecular weight excluding hydrogens is 284 g/mol. The van der Waals surface area contributed by atoms with Crippen LogP contribution in [0.1, 0.15) is 11.1 Å². The van der Waals surface area contributed by atoms with Gasteiger partial charge in [-0.1, -0.05) is 42.5 Å². The van der Waals surface area contributed by atoms with Gasteiger partial charge in [0.25, 0.3) is 11.6 Å². The van der Waals surface area contributed by atoms with Gasteiger partial charge in [-0.2, -0.15) is 0 Å². The van der Waals surface area contributed by atoms with Crippen molar-refractivity contribution in [2.45, 2.75) is 11.6 Å². The first-order chi connectivity index (χ1) is 10.6. The normalized spacial score (nSPS) is 27.1. The van der Waals surface area contributed by atoms with Crippen molar-refractivity contribution < 1.29 is 24.1 Å². The molecule has 114 valence electrons. The van der Waals surface area contributed by atoms with Gasteiger partial charge in [-0.15, -0.1) is 0 Å². The molecule has 0 bridgehead atoms. The molecule has 5 heteroatoms. The lowest BCUT2D eigenvalue weighted by molar-refractivity contribution is -0.257. The molecule has 0 radical (unpaired) electrons. The maximum absolute atomic E-state index is 13.0. The molecule has 2 atom stereocenters. The van der Waals surface area contributed by atoms with Gasteiger partial charge in [0.15, 0.2) is 0 Å². The van der Waals surface area contributed by atoms with Crippen LogP contribution in [-0.4, -0.2) is 25.1 Å². The van der Waals surface area contributed by atoms with Crippen LogP contribution in [0.25, 0.3) is 0 Å². The SMILES string of the molecule is COC1(O)C(=O)C(OC)(c2ccccc2)Oc2ccccc21. The van der Waals surface area contributed by atoms with Crippen LogP contribution in [0.4, 0.5) is 0 Å². The summed E-state index contributed by atoms with van der Waals surface area (Å²) in [5.41, 5.74) is 0.735. The Morgan fingerprint density at radius 3 is 2.23 bits per heavy atom. The minimum atomic E-state index is -2.14. The number of Topliss-reactive ketones (excluding diaryl/α,β-unsaturated/α-hetero) is 1. The van der Waals surface area contributed by atoms with Crippen LogP contribution in [-0.2, 0) is 25.8 Å². The minimum absolute atomic E-state index is 0.256. The number of ketones is 1. The highest BCUT2D eigenvalue weighted by atomic mass is 16.7. The van der Waals surface area contributed by atoms with E-state index in [1.54, 1.807) is 48.5 Å². The minimum Gasteiger partial charge on any atom is -0.450 e. The van der Waals surface area contributed by atoms with E-state index < -0.39 is 17.4 Å². The molecule has 0 fully saturated rings. The number of carbonyl (C=O) groups excluding carboxylic acids is 1. The average molecular weight is 300 g/mol. The highest BCUT2D eigenvalue weighted by Crippen LogP contribution is 2.45. The zero-order chi connectivity index (χ0) is 15.8. The number of benzene rings is 2. The van der Waals surface area contributed by atoms with Gasteiger partial charge in [0.2, 0.25) is 0 Å². The lowest BCUT2D eigenvalue weighted by Gasteiger charge is -2.42. The topological polar surface area (TPSA) is 65.0 Å². The van der Waals surface area contributed by atoms with E-state index in [1.165, 1.54) is 14.2 Å². The maximum atomic E-state index is 13.0. The van der Waals surface area contributed by atoms with Crippen LogP contribution >= 0.6 is 0 Å². The second kappa shape index (κ2) is 5.21. The number of rotatable bonds is 3. The van der Waals surface area contributed by atoms with Crippen LogP contribution in [0.3, 0.4) is 0 Å². The van der Waals surface area contributed by atoms with E-state index in [-0.39, 0.29) is 5.56 Å². The summed E-state index contributed by atoms with van der Waals surface area (Å²) < 4.78 is 16.4. The molecule has 2 unspecified atom stereocenters. The van der Waals surface area contributed by atoms with Crippen molar-refractivity contribution >= 4 is 5.78 Å². The first-order valence-electron chi connectivity index (χ1n) is 6.80. The van der Waals surface area contributed by atoms with E-state index in [1.807, 2.05) is 6.07 Å². The molecule has 22 heavy (non-hydrogen) atoms. The number of hydrogen-bond donors (Lipinski definition) is 1. The first kappa shape index (κ1) is 14.7. The Kier molecular flexibility index (Phi) is 3.48. The van der Waals surface area contributed by atoms with Crippen LogP contribution < -0.4 is 4.74 Å². The fourth-order valence-electron chi connectivity index (χ4n) is 2.68.